The molecule has 0 radical (unpaired) electrons. The summed E-state index contributed by atoms with van der Waals surface area (Å²) in [5.74, 6) is 0. The molecule has 2 saturated heterocycles. The highest BCUT2D eigenvalue weighted by Gasteiger charge is 2.40. The fourth-order valence-electron chi connectivity index (χ4n) is 1.73. The van der Waals surface area contributed by atoms with Crippen LogP contribution in [0.4, 0.5) is 0 Å². The van der Waals surface area contributed by atoms with Crippen LogP contribution in [-0.2, 0) is 9.47 Å². The van der Waals surface area contributed by atoms with E-state index in [0.717, 1.165) is 32.8 Å². The number of ether oxygens (including phenoxy) is 2. The molecule has 0 amide bonds. The monoisotopic (exact) mass is 182 g/mol. The third-order valence-corrected chi connectivity index (χ3v) is 2.62. The molecule has 0 saturated carbocycles. The third-order valence-electron chi connectivity index (χ3n) is 2.62. The highest BCUT2D eigenvalue weighted by atomic mass is 16.5. The van der Waals surface area contributed by atoms with Crippen molar-refractivity contribution in [2.45, 2.75) is 0 Å². The van der Waals surface area contributed by atoms with Gasteiger partial charge in [0.25, 0.3) is 0 Å². The lowest BCUT2D eigenvalue weighted by Crippen LogP contribution is -2.52. The molecule has 2 fully saturated rings. The summed E-state index contributed by atoms with van der Waals surface area (Å²) in [7, 11) is 0. The lowest BCUT2D eigenvalue weighted by Gasteiger charge is -2.40. The van der Waals surface area contributed by atoms with Gasteiger partial charge in [0.2, 0.25) is 0 Å². The van der Waals surface area contributed by atoms with Crippen molar-refractivity contribution in [3.8, 4) is 6.07 Å². The topological polar surface area (TPSA) is 45.5 Å². The lowest BCUT2D eigenvalue weighted by molar-refractivity contribution is -0.1000. The minimum atomic E-state index is -0.225. The first-order chi connectivity index (χ1) is 6.35. The van der Waals surface area contributed by atoms with E-state index in [4.69, 9.17) is 14.7 Å². The molecule has 4 nitrogen and oxygen atoms in total. The number of nitriles is 1. The second-order valence-corrected chi connectivity index (χ2v) is 3.77. The lowest BCUT2D eigenvalue weighted by atomic mass is 9.87. The summed E-state index contributed by atoms with van der Waals surface area (Å²) in [5.41, 5.74) is -0.225. The van der Waals surface area contributed by atoms with Gasteiger partial charge in [0.15, 0.2) is 0 Å². The molecule has 0 aromatic rings. The van der Waals surface area contributed by atoms with E-state index in [2.05, 4.69) is 11.0 Å². The number of nitrogens with zero attached hydrogens (tertiary/aromatic N) is 2. The van der Waals surface area contributed by atoms with E-state index in [1.165, 1.54) is 0 Å². The molecule has 2 heterocycles. The molecule has 4 heteroatoms. The van der Waals surface area contributed by atoms with E-state index in [1.54, 1.807) is 0 Å². The Balaban J connectivity index is 1.85. The molecule has 0 unspecified atom stereocenters. The van der Waals surface area contributed by atoms with Crippen molar-refractivity contribution in [2.75, 3.05) is 46.1 Å². The highest BCUT2D eigenvalue weighted by molar-refractivity contribution is 5.05. The maximum Gasteiger partial charge on any atom is 0.116 e. The molecule has 0 aromatic carbocycles. The molecule has 0 aliphatic carbocycles. The van der Waals surface area contributed by atoms with E-state index in [9.17, 15) is 0 Å². The van der Waals surface area contributed by atoms with Crippen molar-refractivity contribution in [1.82, 2.24) is 4.90 Å². The molecule has 0 aromatic heterocycles. The number of morpholine rings is 1. The maximum absolute atomic E-state index is 8.98. The normalized spacial score (nSPS) is 27.6. The average molecular weight is 182 g/mol. The summed E-state index contributed by atoms with van der Waals surface area (Å²) in [6.07, 6.45) is 0. The van der Waals surface area contributed by atoms with Gasteiger partial charge in [-0.15, -0.1) is 0 Å². The molecule has 0 spiro atoms. The second kappa shape index (κ2) is 3.62. The Morgan fingerprint density at radius 1 is 1.23 bits per heavy atom. The van der Waals surface area contributed by atoms with Gasteiger partial charge in [0.1, 0.15) is 5.41 Å². The number of hydrogen-bond acceptors (Lipinski definition) is 4. The molecule has 13 heavy (non-hydrogen) atoms. The molecule has 2 rings (SSSR count). The summed E-state index contributed by atoms with van der Waals surface area (Å²) in [6, 6.07) is 2.35. The molecule has 2 aliphatic rings. The Morgan fingerprint density at radius 3 is 2.38 bits per heavy atom. The van der Waals surface area contributed by atoms with Gasteiger partial charge in [-0.25, -0.2) is 0 Å². The summed E-state index contributed by atoms with van der Waals surface area (Å²) in [4.78, 5) is 2.29. The average Bonchev–Trinajstić information content (AvgIpc) is 2.13. The van der Waals surface area contributed by atoms with Gasteiger partial charge >= 0.3 is 0 Å². The van der Waals surface area contributed by atoms with Crippen molar-refractivity contribution in [1.29, 1.82) is 5.26 Å². The van der Waals surface area contributed by atoms with Crippen LogP contribution < -0.4 is 0 Å². The van der Waals surface area contributed by atoms with Crippen LogP contribution in [0.25, 0.3) is 0 Å². The summed E-state index contributed by atoms with van der Waals surface area (Å²) < 4.78 is 10.3. The molecule has 2 aliphatic heterocycles. The van der Waals surface area contributed by atoms with E-state index in [-0.39, 0.29) is 5.41 Å². The van der Waals surface area contributed by atoms with Crippen molar-refractivity contribution in [3.63, 3.8) is 0 Å². The first kappa shape index (κ1) is 8.95. The number of hydrogen-bond donors (Lipinski definition) is 0. The third kappa shape index (κ3) is 1.83. The SMILES string of the molecule is N#CC1(CN2CCOCC2)COC1. The fourth-order valence-corrected chi connectivity index (χ4v) is 1.73. The summed E-state index contributed by atoms with van der Waals surface area (Å²) in [5, 5.41) is 8.98. The molecular weight excluding hydrogens is 168 g/mol. The van der Waals surface area contributed by atoms with E-state index in [0.29, 0.717) is 13.2 Å². The minimum absolute atomic E-state index is 0.225. The quantitative estimate of drug-likeness (QED) is 0.596. The zero-order chi connectivity index (χ0) is 9.15. The Labute approximate surface area is 78.0 Å². The highest BCUT2D eigenvalue weighted by Crippen LogP contribution is 2.27. The van der Waals surface area contributed by atoms with Gasteiger partial charge in [0, 0.05) is 19.6 Å². The molecule has 0 N–H and O–H groups in total. The van der Waals surface area contributed by atoms with E-state index < -0.39 is 0 Å². The van der Waals surface area contributed by atoms with Gasteiger partial charge in [-0.05, 0) is 0 Å². The smallest absolute Gasteiger partial charge is 0.116 e. The van der Waals surface area contributed by atoms with Crippen LogP contribution in [0, 0.1) is 16.7 Å². The Hall–Kier alpha value is -0.630. The van der Waals surface area contributed by atoms with Crippen LogP contribution >= 0.6 is 0 Å². The first-order valence-electron chi connectivity index (χ1n) is 4.64. The van der Waals surface area contributed by atoms with Gasteiger partial charge < -0.3 is 9.47 Å². The van der Waals surface area contributed by atoms with Gasteiger partial charge in [-0.2, -0.15) is 5.26 Å². The van der Waals surface area contributed by atoms with Gasteiger partial charge in [-0.1, -0.05) is 0 Å². The zero-order valence-corrected chi connectivity index (χ0v) is 7.66. The molecule has 0 atom stereocenters. The van der Waals surface area contributed by atoms with Crippen molar-refractivity contribution in [2.24, 2.45) is 5.41 Å². The Kier molecular flexibility index (Phi) is 2.49. The van der Waals surface area contributed by atoms with Crippen LogP contribution in [0.5, 0.6) is 0 Å². The minimum Gasteiger partial charge on any atom is -0.379 e. The van der Waals surface area contributed by atoms with Crippen molar-refractivity contribution >= 4 is 0 Å². The van der Waals surface area contributed by atoms with Crippen LogP contribution in [-0.4, -0.2) is 51.0 Å². The Morgan fingerprint density at radius 2 is 1.92 bits per heavy atom. The predicted octanol–water partition coefficient (Wildman–Crippen LogP) is -0.141. The van der Waals surface area contributed by atoms with Crippen LogP contribution in [0.1, 0.15) is 0 Å². The van der Waals surface area contributed by atoms with Crippen LogP contribution in [0.3, 0.4) is 0 Å². The molecule has 72 valence electrons. The largest absolute Gasteiger partial charge is 0.379 e. The number of rotatable bonds is 2. The van der Waals surface area contributed by atoms with E-state index >= 15 is 0 Å². The van der Waals surface area contributed by atoms with Crippen molar-refractivity contribution < 1.29 is 9.47 Å². The van der Waals surface area contributed by atoms with Crippen LogP contribution in [0.15, 0.2) is 0 Å². The zero-order valence-electron chi connectivity index (χ0n) is 7.66. The van der Waals surface area contributed by atoms with Crippen LogP contribution in [0.2, 0.25) is 0 Å². The molecular formula is C9H14N2O2. The summed E-state index contributed by atoms with van der Waals surface area (Å²) in [6.45, 7) is 5.52. The standard InChI is InChI=1S/C9H14N2O2/c10-5-9(7-13-8-9)6-11-1-3-12-4-2-11/h1-4,6-8H2. The first-order valence-corrected chi connectivity index (χ1v) is 4.64. The Bertz CT molecular complexity index is 214. The van der Waals surface area contributed by atoms with Gasteiger partial charge in [-0.3, -0.25) is 4.90 Å². The molecule has 0 bridgehead atoms. The predicted molar refractivity (Wildman–Crippen MR) is 46.1 cm³/mol. The van der Waals surface area contributed by atoms with E-state index in [1.807, 2.05) is 0 Å². The van der Waals surface area contributed by atoms with Gasteiger partial charge in [0.05, 0.1) is 32.5 Å². The van der Waals surface area contributed by atoms with Crippen molar-refractivity contribution in [3.05, 3.63) is 0 Å². The second-order valence-electron chi connectivity index (χ2n) is 3.77. The maximum atomic E-state index is 8.98. The summed E-state index contributed by atoms with van der Waals surface area (Å²) >= 11 is 0. The fraction of sp³-hybridized carbons (Fsp3) is 0.889.